The number of nitrogens with one attached hydrogen (secondary N) is 1. The number of nitrogens with zero attached hydrogens (tertiary/aromatic N) is 2. The van der Waals surface area contributed by atoms with Crippen molar-refractivity contribution in [1.82, 2.24) is 10.2 Å². The summed E-state index contributed by atoms with van der Waals surface area (Å²) in [4.78, 5) is 18.7. The largest absolute Gasteiger partial charge is 0.466 e. The van der Waals surface area contributed by atoms with Crippen LogP contribution in [0.4, 0.5) is 0 Å². The molecule has 0 spiro atoms. The molecule has 1 aliphatic carbocycles. The maximum Gasteiger partial charge on any atom is 0.309 e. The molecule has 2 fully saturated rings. The van der Waals surface area contributed by atoms with Crippen LogP contribution in [0.5, 0.6) is 0 Å². The van der Waals surface area contributed by atoms with Crippen LogP contribution >= 0.6 is 24.0 Å². The maximum atomic E-state index is 11.8. The number of piperidine rings is 1. The molecular weight excluding hydrogens is 421 g/mol. The molecule has 140 valence electrons. The zero-order chi connectivity index (χ0) is 16.5. The highest BCUT2D eigenvalue weighted by Crippen LogP contribution is 2.28. The van der Waals surface area contributed by atoms with Gasteiger partial charge >= 0.3 is 5.97 Å². The lowest BCUT2D eigenvalue weighted by atomic mass is 9.97. The van der Waals surface area contributed by atoms with Crippen LogP contribution in [0.1, 0.15) is 39.5 Å². The quantitative estimate of drug-likeness (QED) is 0.201. The standard InChI is InChI=1S/C17H31N3O3.HI/c1-3-18-17(19-9-12-22-13-14-5-6-14)20-10-7-15(8-11-20)16(21)23-4-2;/h14-15H,3-13H2,1-2H3,(H,18,19);1H. The number of hydrogen-bond acceptors (Lipinski definition) is 4. The second kappa shape index (κ2) is 11.9. The van der Waals surface area contributed by atoms with Crippen LogP contribution < -0.4 is 5.32 Å². The van der Waals surface area contributed by atoms with Crippen molar-refractivity contribution in [2.75, 3.05) is 46.0 Å². The molecule has 0 atom stereocenters. The average Bonchev–Trinajstić information content (AvgIpc) is 3.38. The highest BCUT2D eigenvalue weighted by atomic mass is 127. The number of carbonyl (C=O) groups is 1. The highest BCUT2D eigenvalue weighted by Gasteiger charge is 2.27. The molecule has 0 aromatic rings. The summed E-state index contributed by atoms with van der Waals surface area (Å²) in [5.74, 6) is 1.72. The van der Waals surface area contributed by atoms with Gasteiger partial charge in [-0.3, -0.25) is 9.79 Å². The third-order valence-corrected chi connectivity index (χ3v) is 4.30. The Hall–Kier alpha value is -0.570. The van der Waals surface area contributed by atoms with E-state index in [-0.39, 0.29) is 35.9 Å². The smallest absolute Gasteiger partial charge is 0.309 e. The van der Waals surface area contributed by atoms with Crippen molar-refractivity contribution in [2.24, 2.45) is 16.8 Å². The van der Waals surface area contributed by atoms with Gasteiger partial charge in [-0.15, -0.1) is 24.0 Å². The predicted molar refractivity (Wildman–Crippen MR) is 106 cm³/mol. The normalized spacial score (nSPS) is 18.9. The minimum absolute atomic E-state index is 0. The SMILES string of the molecule is CCNC(=NCCOCC1CC1)N1CCC(C(=O)OCC)CC1.I. The molecule has 0 amide bonds. The van der Waals surface area contributed by atoms with Crippen molar-refractivity contribution in [3.63, 3.8) is 0 Å². The Bertz CT molecular complexity index is 395. The topological polar surface area (TPSA) is 63.2 Å². The number of carbonyl (C=O) groups excluding carboxylic acids is 1. The molecule has 0 radical (unpaired) electrons. The van der Waals surface area contributed by atoms with Crippen LogP contribution in [0.25, 0.3) is 0 Å². The van der Waals surface area contributed by atoms with Crippen molar-refractivity contribution in [2.45, 2.75) is 39.5 Å². The monoisotopic (exact) mass is 453 g/mol. The Kier molecular flexibility index (Phi) is 10.6. The van der Waals surface area contributed by atoms with Crippen LogP contribution in [-0.2, 0) is 14.3 Å². The summed E-state index contributed by atoms with van der Waals surface area (Å²) in [5.41, 5.74) is 0. The zero-order valence-corrected chi connectivity index (χ0v) is 17.3. The van der Waals surface area contributed by atoms with Gasteiger partial charge in [0.05, 0.1) is 25.7 Å². The van der Waals surface area contributed by atoms with Gasteiger partial charge in [0.25, 0.3) is 0 Å². The minimum Gasteiger partial charge on any atom is -0.466 e. The predicted octanol–water partition coefficient (Wildman–Crippen LogP) is 2.27. The molecule has 7 heteroatoms. The summed E-state index contributed by atoms with van der Waals surface area (Å²) in [6.45, 7) is 9.19. The first-order valence-corrected chi connectivity index (χ1v) is 9.02. The molecule has 0 bridgehead atoms. The van der Waals surface area contributed by atoms with E-state index >= 15 is 0 Å². The Balaban J connectivity index is 0.00000288. The van der Waals surface area contributed by atoms with E-state index in [1.807, 2.05) is 6.92 Å². The lowest BCUT2D eigenvalue weighted by Crippen LogP contribution is -2.46. The van der Waals surface area contributed by atoms with Crippen LogP contribution in [0, 0.1) is 11.8 Å². The van der Waals surface area contributed by atoms with E-state index in [4.69, 9.17) is 9.47 Å². The van der Waals surface area contributed by atoms with Gasteiger partial charge in [-0.2, -0.15) is 0 Å². The molecular formula is C17H32IN3O3. The van der Waals surface area contributed by atoms with Crippen molar-refractivity contribution < 1.29 is 14.3 Å². The van der Waals surface area contributed by atoms with Gasteiger partial charge in [0, 0.05) is 26.2 Å². The fourth-order valence-electron chi connectivity index (χ4n) is 2.76. The number of aliphatic imine (C=N–C) groups is 1. The summed E-state index contributed by atoms with van der Waals surface area (Å²) in [6.07, 6.45) is 4.31. The Morgan fingerprint density at radius 3 is 2.50 bits per heavy atom. The van der Waals surface area contributed by atoms with Crippen LogP contribution in [0.2, 0.25) is 0 Å². The summed E-state index contributed by atoms with van der Waals surface area (Å²) in [6, 6.07) is 0. The fourth-order valence-corrected chi connectivity index (χ4v) is 2.76. The van der Waals surface area contributed by atoms with Gasteiger partial charge in [-0.25, -0.2) is 0 Å². The molecule has 1 heterocycles. The Morgan fingerprint density at radius 2 is 1.92 bits per heavy atom. The maximum absolute atomic E-state index is 11.8. The number of ether oxygens (including phenoxy) is 2. The highest BCUT2D eigenvalue weighted by molar-refractivity contribution is 14.0. The van der Waals surface area contributed by atoms with Crippen molar-refractivity contribution in [3.05, 3.63) is 0 Å². The van der Waals surface area contributed by atoms with E-state index in [1.54, 1.807) is 0 Å². The second-order valence-corrected chi connectivity index (χ2v) is 6.27. The van der Waals surface area contributed by atoms with Crippen molar-refractivity contribution >= 4 is 35.9 Å². The van der Waals surface area contributed by atoms with E-state index < -0.39 is 0 Å². The molecule has 2 rings (SSSR count). The molecule has 6 nitrogen and oxygen atoms in total. The van der Waals surface area contributed by atoms with Gasteiger partial charge in [-0.1, -0.05) is 0 Å². The lowest BCUT2D eigenvalue weighted by molar-refractivity contribution is -0.149. The average molecular weight is 453 g/mol. The third kappa shape index (κ3) is 7.55. The summed E-state index contributed by atoms with van der Waals surface area (Å²) < 4.78 is 10.8. The van der Waals surface area contributed by atoms with Gasteiger partial charge in [0.1, 0.15) is 0 Å². The molecule has 2 aliphatic rings. The second-order valence-electron chi connectivity index (χ2n) is 6.27. The zero-order valence-electron chi connectivity index (χ0n) is 15.0. The molecule has 24 heavy (non-hydrogen) atoms. The van der Waals surface area contributed by atoms with Gasteiger partial charge in [-0.05, 0) is 45.4 Å². The van der Waals surface area contributed by atoms with Crippen LogP contribution in [0.3, 0.4) is 0 Å². The lowest BCUT2D eigenvalue weighted by Gasteiger charge is -2.33. The first-order chi connectivity index (χ1) is 11.2. The number of hydrogen-bond donors (Lipinski definition) is 1. The number of guanidine groups is 1. The number of esters is 1. The summed E-state index contributed by atoms with van der Waals surface area (Å²) >= 11 is 0. The molecule has 0 aromatic carbocycles. The van der Waals surface area contributed by atoms with Gasteiger partial charge < -0.3 is 19.7 Å². The fraction of sp³-hybridized carbons (Fsp3) is 0.882. The third-order valence-electron chi connectivity index (χ3n) is 4.30. The van der Waals surface area contributed by atoms with Crippen LogP contribution in [0.15, 0.2) is 4.99 Å². The van der Waals surface area contributed by atoms with E-state index in [9.17, 15) is 4.79 Å². The van der Waals surface area contributed by atoms with Crippen molar-refractivity contribution in [3.8, 4) is 0 Å². The molecule has 1 N–H and O–H groups in total. The first-order valence-electron chi connectivity index (χ1n) is 9.02. The van der Waals surface area contributed by atoms with E-state index in [1.165, 1.54) is 12.8 Å². The van der Waals surface area contributed by atoms with Gasteiger partial charge in [0.15, 0.2) is 5.96 Å². The summed E-state index contributed by atoms with van der Waals surface area (Å²) in [7, 11) is 0. The molecule has 1 aliphatic heterocycles. The van der Waals surface area contributed by atoms with Gasteiger partial charge in [0.2, 0.25) is 0 Å². The Labute approximate surface area is 162 Å². The molecule has 0 unspecified atom stereocenters. The molecule has 1 saturated heterocycles. The Morgan fingerprint density at radius 1 is 1.21 bits per heavy atom. The van der Waals surface area contributed by atoms with E-state index in [0.717, 1.165) is 51.0 Å². The number of likely N-dealkylation sites (tertiary alicyclic amines) is 1. The summed E-state index contributed by atoms with van der Waals surface area (Å²) in [5, 5.41) is 3.34. The van der Waals surface area contributed by atoms with Crippen molar-refractivity contribution in [1.29, 1.82) is 0 Å². The van der Waals surface area contributed by atoms with Crippen LogP contribution in [-0.4, -0.2) is 62.8 Å². The molecule has 1 saturated carbocycles. The first kappa shape index (κ1) is 21.5. The number of rotatable bonds is 8. The number of halogens is 1. The minimum atomic E-state index is -0.0532. The van der Waals surface area contributed by atoms with E-state index in [0.29, 0.717) is 19.8 Å². The van der Waals surface area contributed by atoms with E-state index in [2.05, 4.69) is 22.1 Å². The molecule has 0 aromatic heterocycles.